The average Bonchev–Trinajstić information content (AvgIpc) is 2.83. The van der Waals surface area contributed by atoms with Crippen LogP contribution in [0.15, 0.2) is 54.6 Å². The standard InChI is InChI=1S/C25H22F3N3O5S/c1-29-23(33)17-10-16(11-18(12-17)25(26,27)28)14-3-5-20-15(9-14)7-8-31(24(20)34)19-4-6-22(32)21(13-19)30-37(2,35)36/h3-6,9-13,30,32H,7-8H2,1-2H3,(H,29,33). The lowest BCUT2D eigenvalue weighted by Crippen LogP contribution is -2.37. The van der Waals surface area contributed by atoms with E-state index in [1.807, 2.05) is 0 Å². The van der Waals surface area contributed by atoms with Crippen molar-refractivity contribution in [3.63, 3.8) is 0 Å². The Morgan fingerprint density at radius 2 is 1.76 bits per heavy atom. The third-order valence-electron chi connectivity index (χ3n) is 5.86. The predicted octanol–water partition coefficient (Wildman–Crippen LogP) is 4.01. The van der Waals surface area contributed by atoms with Gasteiger partial charge in [-0.25, -0.2) is 8.42 Å². The molecule has 1 aliphatic rings. The number of rotatable bonds is 5. The van der Waals surface area contributed by atoms with E-state index in [0.29, 0.717) is 28.8 Å². The number of carbonyl (C=O) groups excluding carboxylic acids is 2. The number of halogens is 3. The topological polar surface area (TPSA) is 116 Å². The van der Waals surface area contributed by atoms with Gasteiger partial charge in [0.15, 0.2) is 0 Å². The number of nitrogens with one attached hydrogen (secondary N) is 2. The van der Waals surface area contributed by atoms with Crippen molar-refractivity contribution in [2.45, 2.75) is 12.6 Å². The van der Waals surface area contributed by atoms with Crippen LogP contribution in [0.3, 0.4) is 0 Å². The molecule has 1 heterocycles. The largest absolute Gasteiger partial charge is 0.506 e. The molecule has 2 amide bonds. The first-order valence-corrected chi connectivity index (χ1v) is 12.9. The summed E-state index contributed by atoms with van der Waals surface area (Å²) in [6, 6.07) is 11.8. The summed E-state index contributed by atoms with van der Waals surface area (Å²) < 4.78 is 65.8. The molecule has 0 aliphatic carbocycles. The lowest BCUT2D eigenvalue weighted by atomic mass is 9.92. The van der Waals surface area contributed by atoms with Crippen molar-refractivity contribution in [1.82, 2.24) is 5.32 Å². The highest BCUT2D eigenvalue weighted by Gasteiger charge is 2.32. The Labute approximate surface area is 210 Å². The van der Waals surface area contributed by atoms with Gasteiger partial charge >= 0.3 is 6.18 Å². The van der Waals surface area contributed by atoms with Crippen LogP contribution in [0.1, 0.15) is 31.8 Å². The Morgan fingerprint density at radius 1 is 1.03 bits per heavy atom. The highest BCUT2D eigenvalue weighted by atomic mass is 32.2. The first kappa shape index (κ1) is 26.0. The van der Waals surface area contributed by atoms with Crippen LogP contribution in [0.5, 0.6) is 5.75 Å². The number of aromatic hydroxyl groups is 1. The van der Waals surface area contributed by atoms with Gasteiger partial charge in [-0.15, -0.1) is 0 Å². The van der Waals surface area contributed by atoms with Crippen molar-refractivity contribution in [1.29, 1.82) is 0 Å². The zero-order valence-corrected chi connectivity index (χ0v) is 20.5. The number of anilines is 2. The van der Waals surface area contributed by atoms with Crippen molar-refractivity contribution in [3.05, 3.63) is 76.9 Å². The number of phenolic OH excluding ortho intramolecular Hbond substituents is 1. The van der Waals surface area contributed by atoms with Gasteiger partial charge in [0, 0.05) is 30.4 Å². The van der Waals surface area contributed by atoms with Crippen LogP contribution < -0.4 is 14.9 Å². The van der Waals surface area contributed by atoms with Crippen LogP contribution in [-0.4, -0.2) is 45.2 Å². The van der Waals surface area contributed by atoms with Gasteiger partial charge in [-0.2, -0.15) is 13.2 Å². The molecule has 0 saturated carbocycles. The number of hydrogen-bond acceptors (Lipinski definition) is 5. The molecule has 8 nitrogen and oxygen atoms in total. The number of amides is 2. The molecule has 0 atom stereocenters. The summed E-state index contributed by atoms with van der Waals surface area (Å²) in [5.74, 6) is -1.35. The maximum Gasteiger partial charge on any atom is 0.416 e. The van der Waals surface area contributed by atoms with Crippen molar-refractivity contribution < 1.29 is 36.3 Å². The molecule has 3 aromatic rings. The van der Waals surface area contributed by atoms with Gasteiger partial charge in [0.2, 0.25) is 10.0 Å². The van der Waals surface area contributed by atoms with Crippen molar-refractivity contribution in [2.24, 2.45) is 0 Å². The molecule has 194 valence electrons. The summed E-state index contributed by atoms with van der Waals surface area (Å²) in [5, 5.41) is 12.3. The van der Waals surface area contributed by atoms with Gasteiger partial charge in [0.25, 0.3) is 11.8 Å². The van der Waals surface area contributed by atoms with Gasteiger partial charge in [-0.05, 0) is 65.6 Å². The normalized spacial score (nSPS) is 13.8. The maximum atomic E-state index is 13.5. The molecule has 1 aliphatic heterocycles. The number of nitrogens with zero attached hydrogens (tertiary/aromatic N) is 1. The monoisotopic (exact) mass is 533 g/mol. The van der Waals surface area contributed by atoms with Crippen LogP contribution >= 0.6 is 0 Å². The molecule has 0 spiro atoms. The number of phenols is 1. The summed E-state index contributed by atoms with van der Waals surface area (Å²) in [4.78, 5) is 26.7. The summed E-state index contributed by atoms with van der Waals surface area (Å²) >= 11 is 0. The van der Waals surface area contributed by atoms with Crippen LogP contribution in [-0.2, 0) is 22.6 Å². The molecule has 0 bridgehead atoms. The molecule has 0 unspecified atom stereocenters. The van der Waals surface area contributed by atoms with Crippen LogP contribution in [0, 0.1) is 0 Å². The Bertz CT molecular complexity index is 1520. The van der Waals surface area contributed by atoms with Gasteiger partial charge in [0.1, 0.15) is 5.75 Å². The minimum atomic E-state index is -4.65. The smallest absolute Gasteiger partial charge is 0.416 e. The maximum absolute atomic E-state index is 13.5. The zero-order chi connectivity index (χ0) is 27.1. The van der Waals surface area contributed by atoms with Gasteiger partial charge < -0.3 is 15.3 Å². The Balaban J connectivity index is 1.69. The average molecular weight is 534 g/mol. The molecular formula is C25H22F3N3O5S. The van der Waals surface area contributed by atoms with Gasteiger partial charge in [-0.3, -0.25) is 14.3 Å². The van der Waals surface area contributed by atoms with E-state index in [0.717, 1.165) is 18.4 Å². The second kappa shape index (κ2) is 9.43. The lowest BCUT2D eigenvalue weighted by molar-refractivity contribution is -0.137. The number of sulfonamides is 1. The molecular weight excluding hydrogens is 511 g/mol. The lowest BCUT2D eigenvalue weighted by Gasteiger charge is -2.29. The first-order chi connectivity index (χ1) is 17.3. The van der Waals surface area contributed by atoms with Crippen LogP contribution in [0.25, 0.3) is 11.1 Å². The molecule has 0 radical (unpaired) electrons. The van der Waals surface area contributed by atoms with E-state index in [2.05, 4.69) is 10.0 Å². The number of fused-ring (bicyclic) bond motifs is 1. The molecule has 3 aromatic carbocycles. The molecule has 0 aromatic heterocycles. The summed E-state index contributed by atoms with van der Waals surface area (Å²) in [7, 11) is -2.35. The Kier molecular flexibility index (Phi) is 6.63. The van der Waals surface area contributed by atoms with Crippen LogP contribution in [0.4, 0.5) is 24.5 Å². The number of benzene rings is 3. The fraction of sp³-hybridized carbons (Fsp3) is 0.200. The minimum Gasteiger partial charge on any atom is -0.506 e. The van der Waals surface area contributed by atoms with E-state index in [-0.39, 0.29) is 35.0 Å². The molecule has 0 fully saturated rings. The van der Waals surface area contributed by atoms with E-state index in [4.69, 9.17) is 0 Å². The van der Waals surface area contributed by atoms with E-state index in [1.54, 1.807) is 6.07 Å². The molecule has 4 rings (SSSR count). The van der Waals surface area contributed by atoms with Crippen molar-refractivity contribution in [3.8, 4) is 16.9 Å². The molecule has 3 N–H and O–H groups in total. The van der Waals surface area contributed by atoms with E-state index in [1.165, 1.54) is 48.3 Å². The predicted molar refractivity (Wildman–Crippen MR) is 132 cm³/mol. The van der Waals surface area contributed by atoms with Gasteiger partial charge in [0.05, 0.1) is 17.5 Å². The van der Waals surface area contributed by atoms with Crippen molar-refractivity contribution >= 4 is 33.2 Å². The number of hydrogen-bond donors (Lipinski definition) is 3. The molecule has 37 heavy (non-hydrogen) atoms. The SMILES string of the molecule is CNC(=O)c1cc(-c2ccc3c(c2)CCN(c2ccc(O)c(NS(C)(=O)=O)c2)C3=O)cc(C(F)(F)F)c1. The third kappa shape index (κ3) is 5.53. The van der Waals surface area contributed by atoms with Gasteiger partial charge in [-0.1, -0.05) is 12.1 Å². The Hall–Kier alpha value is -4.06. The second-order valence-electron chi connectivity index (χ2n) is 8.53. The highest BCUT2D eigenvalue weighted by molar-refractivity contribution is 7.92. The quantitative estimate of drug-likeness (QED) is 0.429. The zero-order valence-electron chi connectivity index (χ0n) is 19.7. The van der Waals surface area contributed by atoms with Crippen molar-refractivity contribution in [2.75, 3.05) is 29.5 Å². The fourth-order valence-electron chi connectivity index (χ4n) is 4.12. The van der Waals surface area contributed by atoms with E-state index < -0.39 is 27.7 Å². The highest BCUT2D eigenvalue weighted by Crippen LogP contribution is 2.36. The number of carbonyl (C=O) groups is 2. The number of alkyl halides is 3. The molecule has 12 heteroatoms. The summed E-state index contributed by atoms with van der Waals surface area (Å²) in [6.45, 7) is 0.213. The minimum absolute atomic E-state index is 0.0783. The Morgan fingerprint density at radius 3 is 2.41 bits per heavy atom. The summed E-state index contributed by atoms with van der Waals surface area (Å²) in [6.07, 6.45) is -3.36. The first-order valence-electron chi connectivity index (χ1n) is 11.0. The van der Waals surface area contributed by atoms with E-state index in [9.17, 15) is 36.3 Å². The second-order valence-corrected chi connectivity index (χ2v) is 10.3. The van der Waals surface area contributed by atoms with Crippen LogP contribution in [0.2, 0.25) is 0 Å². The van der Waals surface area contributed by atoms with E-state index >= 15 is 0 Å². The molecule has 0 saturated heterocycles. The fourth-order valence-corrected chi connectivity index (χ4v) is 4.68. The third-order valence-corrected chi connectivity index (χ3v) is 6.45. The summed E-state index contributed by atoms with van der Waals surface area (Å²) in [5.41, 5.74) is 0.724.